The van der Waals surface area contributed by atoms with Crippen LogP contribution in [0.3, 0.4) is 0 Å². The van der Waals surface area contributed by atoms with E-state index in [4.69, 9.17) is 0 Å². The number of phenolic OH excluding ortho intramolecular Hbond substituents is 1. The van der Waals surface area contributed by atoms with E-state index in [1.54, 1.807) is 12.1 Å². The van der Waals surface area contributed by atoms with Crippen LogP contribution < -0.4 is 21.5 Å². The van der Waals surface area contributed by atoms with E-state index in [0.29, 0.717) is 35.3 Å². The predicted molar refractivity (Wildman–Crippen MR) is 196 cm³/mol. The van der Waals surface area contributed by atoms with E-state index in [9.17, 15) is 24.6 Å². The lowest BCUT2D eigenvalue weighted by atomic mass is 9.93. The third kappa shape index (κ3) is 9.09. The lowest BCUT2D eigenvalue weighted by Gasteiger charge is -2.34. The van der Waals surface area contributed by atoms with Gasteiger partial charge >= 0.3 is 6.03 Å². The van der Waals surface area contributed by atoms with Crippen LogP contribution in [0.5, 0.6) is 5.75 Å². The highest BCUT2D eigenvalue weighted by Gasteiger charge is 2.25. The second kappa shape index (κ2) is 16.8. The normalized spacial score (nSPS) is 16.7. The number of phenols is 1. The molecule has 2 aliphatic heterocycles. The summed E-state index contributed by atoms with van der Waals surface area (Å²) >= 11 is 0. The lowest BCUT2D eigenvalue weighted by Crippen LogP contribution is -2.47. The van der Waals surface area contributed by atoms with Gasteiger partial charge in [0.05, 0.1) is 17.3 Å². The van der Waals surface area contributed by atoms with Gasteiger partial charge in [0, 0.05) is 68.7 Å². The molecule has 2 aliphatic rings. The Morgan fingerprint density at radius 1 is 0.880 bits per heavy atom. The van der Waals surface area contributed by atoms with Crippen molar-refractivity contribution in [3.8, 4) is 16.9 Å². The van der Waals surface area contributed by atoms with Gasteiger partial charge in [0.2, 0.25) is 11.5 Å². The summed E-state index contributed by atoms with van der Waals surface area (Å²) in [7, 11) is 0. The second-order valence-electron chi connectivity index (χ2n) is 13.5. The first-order valence-electron chi connectivity index (χ1n) is 17.8. The monoisotopic (exact) mass is 680 g/mol. The van der Waals surface area contributed by atoms with Gasteiger partial charge in [0.25, 0.3) is 0 Å². The number of fused-ring (bicyclic) bond motifs is 1. The molecular formula is C39H48N6O5. The van der Waals surface area contributed by atoms with Gasteiger partial charge in [-0.3, -0.25) is 9.59 Å². The number of aromatic amines is 1. The van der Waals surface area contributed by atoms with Gasteiger partial charge < -0.3 is 40.9 Å². The number of urea groups is 1. The molecule has 11 nitrogen and oxygen atoms in total. The Bertz CT molecular complexity index is 1800. The number of aromatic hydroxyl groups is 1. The van der Waals surface area contributed by atoms with Crippen molar-refractivity contribution in [1.29, 1.82) is 0 Å². The number of aliphatic hydroxyl groups excluding tert-OH is 1. The highest BCUT2D eigenvalue weighted by Crippen LogP contribution is 2.29. The number of aliphatic hydroxyl groups is 1. The molecule has 50 heavy (non-hydrogen) atoms. The van der Waals surface area contributed by atoms with Crippen LogP contribution in [0.4, 0.5) is 10.5 Å². The predicted octanol–water partition coefficient (Wildman–Crippen LogP) is 4.83. The lowest BCUT2D eigenvalue weighted by molar-refractivity contribution is -0.133. The summed E-state index contributed by atoms with van der Waals surface area (Å²) in [5, 5.41) is 31.0. The molecule has 3 amide bonds. The number of amides is 3. The number of hydrogen-bond donors (Lipinski definition) is 6. The number of carbonyl (C=O) groups excluding carboxylic acids is 2. The van der Waals surface area contributed by atoms with E-state index in [1.807, 2.05) is 59.5 Å². The first kappa shape index (κ1) is 35.1. The van der Waals surface area contributed by atoms with E-state index in [0.717, 1.165) is 88.2 Å². The van der Waals surface area contributed by atoms with Gasteiger partial charge in [-0.2, -0.15) is 0 Å². The fraction of sp³-hybridized carbons (Fsp3) is 0.410. The Kier molecular flexibility index (Phi) is 11.8. The minimum atomic E-state index is -0.779. The molecule has 3 heterocycles. The SMILES string of the molecule is O=C(Nc1ccccc1-c1ccccc1)NC1CCN(CCC(=O)N2CCC(CCNCC(O)c3ccc(O)c4[nH]c(=O)ccc34)CC2)CC1. The average molecular weight is 681 g/mol. The summed E-state index contributed by atoms with van der Waals surface area (Å²) in [6, 6.07) is 23.9. The number of aromatic nitrogens is 1. The summed E-state index contributed by atoms with van der Waals surface area (Å²) in [5.74, 6) is 0.715. The minimum Gasteiger partial charge on any atom is -0.506 e. The number of hydrogen-bond acceptors (Lipinski definition) is 7. The molecule has 0 radical (unpaired) electrons. The van der Waals surface area contributed by atoms with Crippen molar-refractivity contribution in [2.24, 2.45) is 5.92 Å². The number of H-pyrrole nitrogens is 1. The molecule has 0 aliphatic carbocycles. The molecule has 2 saturated heterocycles. The van der Waals surface area contributed by atoms with Gasteiger partial charge in [-0.05, 0) is 73.9 Å². The molecule has 6 rings (SSSR count). The first-order valence-corrected chi connectivity index (χ1v) is 17.8. The van der Waals surface area contributed by atoms with E-state index in [2.05, 4.69) is 25.8 Å². The van der Waals surface area contributed by atoms with Crippen molar-refractivity contribution >= 4 is 28.5 Å². The van der Waals surface area contributed by atoms with Crippen molar-refractivity contribution in [3.63, 3.8) is 0 Å². The molecule has 1 aromatic heterocycles. The van der Waals surface area contributed by atoms with Gasteiger partial charge in [0.1, 0.15) is 5.75 Å². The van der Waals surface area contributed by atoms with Crippen LogP contribution in [0.1, 0.15) is 50.2 Å². The molecule has 0 bridgehead atoms. The average Bonchev–Trinajstić information content (AvgIpc) is 3.14. The van der Waals surface area contributed by atoms with Gasteiger partial charge in [-0.15, -0.1) is 0 Å². The van der Waals surface area contributed by atoms with Crippen LogP contribution >= 0.6 is 0 Å². The number of nitrogens with one attached hydrogen (secondary N) is 4. The Labute approximate surface area is 292 Å². The number of piperidine rings is 2. The van der Waals surface area contributed by atoms with Crippen LogP contribution in [-0.2, 0) is 4.79 Å². The zero-order valence-corrected chi connectivity index (χ0v) is 28.4. The number of likely N-dealkylation sites (tertiary alicyclic amines) is 2. The van der Waals surface area contributed by atoms with Crippen LogP contribution in [0.15, 0.2) is 83.7 Å². The van der Waals surface area contributed by atoms with E-state index < -0.39 is 6.10 Å². The van der Waals surface area contributed by atoms with Crippen molar-refractivity contribution in [3.05, 3.63) is 94.8 Å². The molecule has 3 aromatic carbocycles. The molecule has 1 atom stereocenters. The largest absolute Gasteiger partial charge is 0.506 e. The third-order valence-electron chi connectivity index (χ3n) is 10.1. The fourth-order valence-corrected chi connectivity index (χ4v) is 7.19. The van der Waals surface area contributed by atoms with E-state index in [1.165, 1.54) is 12.1 Å². The Balaban J connectivity index is 0.846. The van der Waals surface area contributed by atoms with Gasteiger partial charge in [-0.25, -0.2) is 4.79 Å². The van der Waals surface area contributed by atoms with Gasteiger partial charge in [0.15, 0.2) is 0 Å². The number of nitrogens with zero attached hydrogens (tertiary/aromatic N) is 2. The number of anilines is 1. The smallest absolute Gasteiger partial charge is 0.319 e. The summed E-state index contributed by atoms with van der Waals surface area (Å²) in [4.78, 5) is 44.5. The highest BCUT2D eigenvalue weighted by atomic mass is 16.3. The Morgan fingerprint density at radius 2 is 1.62 bits per heavy atom. The van der Waals surface area contributed by atoms with Crippen LogP contribution in [0, 0.1) is 5.92 Å². The topological polar surface area (TPSA) is 150 Å². The summed E-state index contributed by atoms with van der Waals surface area (Å²) < 4.78 is 0. The molecule has 11 heteroatoms. The number of carbonyl (C=O) groups is 2. The molecule has 4 aromatic rings. The van der Waals surface area contributed by atoms with Crippen LogP contribution in [-0.4, -0.2) is 88.8 Å². The number of rotatable bonds is 12. The fourth-order valence-electron chi connectivity index (χ4n) is 7.19. The molecule has 6 N–H and O–H groups in total. The molecule has 0 spiro atoms. The maximum absolute atomic E-state index is 13.0. The molecular weight excluding hydrogens is 632 g/mol. The van der Waals surface area contributed by atoms with Crippen LogP contribution in [0.25, 0.3) is 22.0 Å². The molecule has 2 fully saturated rings. The van der Waals surface area contributed by atoms with Gasteiger partial charge in [-0.1, -0.05) is 54.6 Å². The van der Waals surface area contributed by atoms with Crippen molar-refractivity contribution in [1.82, 2.24) is 25.4 Å². The molecule has 0 saturated carbocycles. The number of para-hydroxylation sites is 1. The summed E-state index contributed by atoms with van der Waals surface area (Å²) in [6.45, 7) is 5.11. The maximum atomic E-state index is 13.0. The standard InChI is InChI=1S/C39H48N6O5/c46-34-12-10-31(32-11-13-36(48)43-38(32)34)35(47)26-40-20-14-27-15-24-45(25-16-27)37(49)19-23-44-21-17-29(18-22-44)41-39(50)42-33-9-5-4-8-30(33)28-6-2-1-3-7-28/h1-13,27,29,35,40,46-47H,14-26H2,(H,43,48)(H2,41,42,50). The minimum absolute atomic E-state index is 0.0238. The third-order valence-corrected chi connectivity index (χ3v) is 10.1. The maximum Gasteiger partial charge on any atom is 0.319 e. The summed E-state index contributed by atoms with van der Waals surface area (Å²) in [5.41, 5.74) is 3.50. The van der Waals surface area contributed by atoms with Crippen molar-refractivity contribution < 1.29 is 19.8 Å². The van der Waals surface area contributed by atoms with Crippen molar-refractivity contribution in [2.45, 2.75) is 50.7 Å². The summed E-state index contributed by atoms with van der Waals surface area (Å²) in [6.07, 6.45) is 4.35. The Hall–Kier alpha value is -4.71. The zero-order valence-electron chi connectivity index (χ0n) is 28.4. The highest BCUT2D eigenvalue weighted by molar-refractivity contribution is 5.94. The van der Waals surface area contributed by atoms with E-state index in [-0.39, 0.29) is 29.3 Å². The van der Waals surface area contributed by atoms with Crippen LogP contribution in [0.2, 0.25) is 0 Å². The second-order valence-corrected chi connectivity index (χ2v) is 13.5. The zero-order chi connectivity index (χ0) is 34.9. The quantitative estimate of drug-likeness (QED) is 0.117. The molecule has 264 valence electrons. The number of benzene rings is 3. The number of pyridine rings is 1. The molecule has 1 unspecified atom stereocenters. The first-order chi connectivity index (χ1) is 24.3. The Morgan fingerprint density at radius 3 is 2.40 bits per heavy atom. The van der Waals surface area contributed by atoms with Crippen molar-refractivity contribution in [2.75, 3.05) is 51.1 Å². The van der Waals surface area contributed by atoms with E-state index >= 15 is 0 Å².